The molecule has 2 N–H and O–H groups in total. The second-order valence-corrected chi connectivity index (χ2v) is 4.15. The van der Waals surface area contributed by atoms with E-state index in [-0.39, 0.29) is 5.41 Å². The Morgan fingerprint density at radius 1 is 1.00 bits per heavy atom. The van der Waals surface area contributed by atoms with Gasteiger partial charge in [0.25, 0.3) is 0 Å². The van der Waals surface area contributed by atoms with Gasteiger partial charge in [-0.2, -0.15) is 0 Å². The Labute approximate surface area is 118 Å². The van der Waals surface area contributed by atoms with E-state index >= 15 is 0 Å². The maximum absolute atomic E-state index is 5.56. The zero-order valence-electron chi connectivity index (χ0n) is 13.7. The van der Waals surface area contributed by atoms with Crippen LogP contribution in [0.25, 0.3) is 0 Å². The van der Waals surface area contributed by atoms with E-state index in [9.17, 15) is 0 Å². The third kappa shape index (κ3) is 10.7. The van der Waals surface area contributed by atoms with Crippen LogP contribution >= 0.6 is 9.24 Å². The maximum Gasteiger partial charge on any atom is 0.0178 e. The Balaban J connectivity index is -0.000000328. The predicted octanol–water partition coefficient (Wildman–Crippen LogP) is 4.99. The monoisotopic (exact) mass is 271 g/mol. The molecule has 0 amide bonds. The molecule has 0 heterocycles. The third-order valence-corrected chi connectivity index (χ3v) is 2.03. The fraction of sp³-hybridized carbons (Fsp3) is 0.625. The van der Waals surface area contributed by atoms with E-state index in [0.717, 1.165) is 0 Å². The van der Waals surface area contributed by atoms with Gasteiger partial charge in [-0.3, -0.25) is 0 Å². The molecule has 18 heavy (non-hydrogen) atoms. The maximum atomic E-state index is 5.56. The molecule has 108 valence electrons. The van der Waals surface area contributed by atoms with Gasteiger partial charge >= 0.3 is 0 Å². The van der Waals surface area contributed by atoms with Gasteiger partial charge in [-0.1, -0.05) is 79.4 Å². The molecule has 1 atom stereocenters. The van der Waals surface area contributed by atoms with Crippen LogP contribution in [0.15, 0.2) is 24.3 Å². The zero-order chi connectivity index (χ0) is 15.2. The molecule has 0 bridgehead atoms. The Bertz CT molecular complexity index is 264. The minimum Gasteiger partial charge on any atom is -0.326 e. The van der Waals surface area contributed by atoms with Crippen molar-refractivity contribution in [3.63, 3.8) is 0 Å². The normalized spacial score (nSPS) is 8.78. The van der Waals surface area contributed by atoms with Crippen molar-refractivity contribution < 1.29 is 0 Å². The molecule has 1 rings (SSSR count). The first kappa shape index (κ1) is 22.8. The zero-order valence-corrected chi connectivity index (χ0v) is 14.8. The fourth-order valence-electron chi connectivity index (χ4n) is 1.16. The van der Waals surface area contributed by atoms with E-state index in [0.29, 0.717) is 6.54 Å². The Kier molecular flexibility index (Phi) is 18.6. The highest BCUT2D eigenvalue weighted by atomic mass is 31.0. The van der Waals surface area contributed by atoms with Gasteiger partial charge in [-0.15, -0.1) is 9.24 Å². The van der Waals surface area contributed by atoms with Crippen LogP contribution in [0.3, 0.4) is 0 Å². The highest BCUT2D eigenvalue weighted by molar-refractivity contribution is 7.15. The summed E-state index contributed by atoms with van der Waals surface area (Å²) in [7, 11) is 2.42. The first-order chi connectivity index (χ1) is 8.54. The van der Waals surface area contributed by atoms with Crippen LogP contribution in [-0.4, -0.2) is 6.66 Å². The van der Waals surface area contributed by atoms with Gasteiger partial charge in [0.05, 0.1) is 0 Å². The lowest BCUT2D eigenvalue weighted by Crippen LogP contribution is -2.11. The van der Waals surface area contributed by atoms with Crippen molar-refractivity contribution in [3.8, 4) is 0 Å². The molecule has 2 heteroatoms. The summed E-state index contributed by atoms with van der Waals surface area (Å²) >= 11 is 0. The van der Waals surface area contributed by atoms with Crippen molar-refractivity contribution in [2.24, 2.45) is 5.73 Å². The molecule has 0 aliphatic heterocycles. The second-order valence-electron chi connectivity index (χ2n) is 4.15. The summed E-state index contributed by atoms with van der Waals surface area (Å²) in [5.74, 6) is 0. The lowest BCUT2D eigenvalue weighted by atomic mass is 9.86. The first-order valence-electron chi connectivity index (χ1n) is 6.91. The van der Waals surface area contributed by atoms with Gasteiger partial charge in [-0.05, 0) is 16.5 Å². The van der Waals surface area contributed by atoms with Crippen molar-refractivity contribution in [1.82, 2.24) is 0 Å². The average Bonchev–Trinajstić information content (AvgIpc) is 2.44. The summed E-state index contributed by atoms with van der Waals surface area (Å²) in [6.07, 6.45) is 0. The van der Waals surface area contributed by atoms with E-state index in [1.54, 1.807) is 0 Å². The number of hydrogen-bond acceptors (Lipinski definition) is 1. The molecular weight excluding hydrogens is 237 g/mol. The van der Waals surface area contributed by atoms with Crippen LogP contribution in [-0.2, 0) is 12.0 Å². The van der Waals surface area contributed by atoms with Crippen LogP contribution in [0, 0.1) is 0 Å². The molecule has 1 aromatic carbocycles. The van der Waals surface area contributed by atoms with Crippen LogP contribution < -0.4 is 5.73 Å². The highest BCUT2D eigenvalue weighted by Crippen LogP contribution is 2.22. The van der Waals surface area contributed by atoms with Crippen molar-refractivity contribution in [2.75, 3.05) is 6.66 Å². The molecule has 0 radical (unpaired) electrons. The lowest BCUT2D eigenvalue weighted by Gasteiger charge is -2.19. The standard InChI is InChI=1S/C11H17N.2C2H6.CH5P/c1-11(2,3)10-6-4-5-9(7-10)8-12;3*1-2/h4-7H,8,12H2,1-3H3;2*1-2H3;2H2,1H3. The van der Waals surface area contributed by atoms with Gasteiger partial charge in [0, 0.05) is 6.54 Å². The summed E-state index contributed by atoms with van der Waals surface area (Å²) in [6.45, 7) is 17.2. The highest BCUT2D eigenvalue weighted by Gasteiger charge is 2.12. The largest absolute Gasteiger partial charge is 0.326 e. The van der Waals surface area contributed by atoms with Crippen molar-refractivity contribution in [2.45, 2.75) is 60.4 Å². The number of nitrogens with two attached hydrogens (primary N) is 1. The van der Waals surface area contributed by atoms with Crippen molar-refractivity contribution in [1.29, 1.82) is 0 Å². The van der Waals surface area contributed by atoms with Crippen molar-refractivity contribution >= 4 is 9.24 Å². The summed E-state index contributed by atoms with van der Waals surface area (Å²) in [5.41, 5.74) is 8.35. The van der Waals surface area contributed by atoms with Crippen molar-refractivity contribution in [3.05, 3.63) is 35.4 Å². The summed E-state index contributed by atoms with van der Waals surface area (Å²) < 4.78 is 0. The van der Waals surface area contributed by atoms with Crippen LogP contribution in [0.1, 0.15) is 59.6 Å². The summed E-state index contributed by atoms with van der Waals surface area (Å²) in [5, 5.41) is 0. The molecule has 0 saturated carbocycles. The quantitative estimate of drug-likeness (QED) is 0.716. The van der Waals surface area contributed by atoms with Crippen LogP contribution in [0.2, 0.25) is 0 Å². The molecule has 0 saturated heterocycles. The summed E-state index contributed by atoms with van der Waals surface area (Å²) in [6, 6.07) is 8.47. The number of rotatable bonds is 1. The van der Waals surface area contributed by atoms with E-state index in [2.05, 4.69) is 54.3 Å². The van der Waals surface area contributed by atoms with E-state index < -0.39 is 0 Å². The van der Waals surface area contributed by atoms with Gasteiger partial charge in [0.2, 0.25) is 0 Å². The molecule has 1 nitrogen and oxygen atoms in total. The van der Waals surface area contributed by atoms with Crippen LogP contribution in [0.4, 0.5) is 0 Å². The summed E-state index contributed by atoms with van der Waals surface area (Å²) in [4.78, 5) is 0. The Morgan fingerprint density at radius 3 is 1.78 bits per heavy atom. The fourth-order valence-corrected chi connectivity index (χ4v) is 1.16. The number of hydrogen-bond donors (Lipinski definition) is 1. The topological polar surface area (TPSA) is 26.0 Å². The molecule has 0 fully saturated rings. The lowest BCUT2D eigenvalue weighted by molar-refractivity contribution is 0.589. The minimum absolute atomic E-state index is 0.227. The van der Waals surface area contributed by atoms with E-state index in [1.165, 1.54) is 11.1 Å². The Morgan fingerprint density at radius 2 is 1.44 bits per heavy atom. The molecule has 0 aliphatic rings. The van der Waals surface area contributed by atoms with Gasteiger partial charge in [0.15, 0.2) is 0 Å². The molecule has 0 spiro atoms. The van der Waals surface area contributed by atoms with Gasteiger partial charge in [-0.25, -0.2) is 0 Å². The number of benzene rings is 1. The minimum atomic E-state index is 0.227. The SMILES string of the molecule is CC.CC.CC(C)(C)c1cccc(CN)c1.CP. The third-order valence-electron chi connectivity index (χ3n) is 2.03. The molecule has 1 aromatic rings. The molecule has 1 unspecified atom stereocenters. The van der Waals surface area contributed by atoms with Crippen LogP contribution in [0.5, 0.6) is 0 Å². The average molecular weight is 271 g/mol. The first-order valence-corrected chi connectivity index (χ1v) is 8.07. The molecular formula is C16H34NP. The van der Waals surface area contributed by atoms with Gasteiger partial charge in [0.1, 0.15) is 0 Å². The molecule has 0 aromatic heterocycles. The van der Waals surface area contributed by atoms with Gasteiger partial charge < -0.3 is 5.73 Å². The smallest absolute Gasteiger partial charge is 0.0178 e. The Hall–Kier alpha value is -0.390. The van der Waals surface area contributed by atoms with E-state index in [1.807, 2.05) is 34.4 Å². The van der Waals surface area contributed by atoms with E-state index in [4.69, 9.17) is 5.73 Å². The predicted molar refractivity (Wildman–Crippen MR) is 91.4 cm³/mol. The second kappa shape index (κ2) is 14.7. The molecule has 0 aliphatic carbocycles.